The Morgan fingerprint density at radius 1 is 1.19 bits per heavy atom. The molecule has 1 heterocycles. The normalized spacial score (nSPS) is 10.8. The minimum Gasteiger partial charge on any atom is -0.494 e. The number of hydrogen-bond donors (Lipinski definition) is 1. The average molecular weight is 300 g/mol. The quantitative estimate of drug-likeness (QED) is 0.710. The summed E-state index contributed by atoms with van der Waals surface area (Å²) < 4.78 is 5.43. The van der Waals surface area contributed by atoms with Gasteiger partial charge in [0.25, 0.3) is 0 Å². The van der Waals surface area contributed by atoms with E-state index in [0.29, 0.717) is 17.2 Å². The van der Waals surface area contributed by atoms with Crippen LogP contribution in [0.5, 0.6) is 5.75 Å². The van der Waals surface area contributed by atoms with Gasteiger partial charge in [0.1, 0.15) is 5.75 Å². The van der Waals surface area contributed by atoms with Crippen LogP contribution in [0.4, 0.5) is 0 Å². The van der Waals surface area contributed by atoms with E-state index >= 15 is 0 Å². The van der Waals surface area contributed by atoms with Crippen LogP contribution in [-0.2, 0) is 0 Å². The van der Waals surface area contributed by atoms with Gasteiger partial charge in [0.15, 0.2) is 6.29 Å². The second kappa shape index (κ2) is 5.62. The minimum absolute atomic E-state index is 0.604. The highest BCUT2D eigenvalue weighted by molar-refractivity contribution is 6.35. The number of aromatic amines is 1. The summed E-state index contributed by atoms with van der Waals surface area (Å²) in [5, 5.41) is 1.44. The van der Waals surface area contributed by atoms with E-state index in [-0.39, 0.29) is 0 Å². The fourth-order valence-electron chi connectivity index (χ4n) is 2.44. The highest BCUT2D eigenvalue weighted by atomic mass is 35.5. The van der Waals surface area contributed by atoms with Crippen molar-refractivity contribution >= 4 is 28.8 Å². The summed E-state index contributed by atoms with van der Waals surface area (Å²) in [5.41, 5.74) is 3.10. The van der Waals surface area contributed by atoms with Crippen molar-refractivity contribution in [3.8, 4) is 17.0 Å². The lowest BCUT2D eigenvalue weighted by atomic mass is 10.1. The van der Waals surface area contributed by atoms with Gasteiger partial charge in [0, 0.05) is 10.9 Å². The molecule has 0 aliphatic rings. The third-order valence-electron chi connectivity index (χ3n) is 3.39. The van der Waals surface area contributed by atoms with Gasteiger partial charge in [-0.3, -0.25) is 4.79 Å². The Labute approximate surface area is 127 Å². The SMILES string of the molecule is CCOc1ccc(-c2[nH]c3c(Cl)cccc3c2C=O)cc1. The van der Waals surface area contributed by atoms with Crippen molar-refractivity contribution in [2.75, 3.05) is 6.61 Å². The average Bonchev–Trinajstić information content (AvgIpc) is 2.88. The third-order valence-corrected chi connectivity index (χ3v) is 3.71. The third kappa shape index (κ3) is 2.41. The Morgan fingerprint density at radius 3 is 2.62 bits per heavy atom. The van der Waals surface area contributed by atoms with Gasteiger partial charge < -0.3 is 9.72 Å². The number of hydrogen-bond acceptors (Lipinski definition) is 2. The van der Waals surface area contributed by atoms with E-state index in [0.717, 1.165) is 34.2 Å². The summed E-state index contributed by atoms with van der Waals surface area (Å²) in [6.45, 7) is 2.57. The first kappa shape index (κ1) is 13.7. The summed E-state index contributed by atoms with van der Waals surface area (Å²) >= 11 is 6.19. The first-order valence-electron chi connectivity index (χ1n) is 6.73. The van der Waals surface area contributed by atoms with E-state index in [1.165, 1.54) is 0 Å². The minimum atomic E-state index is 0.604. The lowest BCUT2D eigenvalue weighted by Gasteiger charge is -2.04. The van der Waals surface area contributed by atoms with E-state index < -0.39 is 0 Å². The van der Waals surface area contributed by atoms with Crippen LogP contribution >= 0.6 is 11.6 Å². The van der Waals surface area contributed by atoms with Gasteiger partial charge in [-0.1, -0.05) is 23.7 Å². The van der Waals surface area contributed by atoms with Crippen molar-refractivity contribution in [3.63, 3.8) is 0 Å². The van der Waals surface area contributed by atoms with Crippen molar-refractivity contribution in [2.45, 2.75) is 6.92 Å². The van der Waals surface area contributed by atoms with Crippen molar-refractivity contribution in [2.24, 2.45) is 0 Å². The first-order chi connectivity index (χ1) is 10.2. The molecule has 0 aliphatic carbocycles. The van der Waals surface area contributed by atoms with Crippen molar-refractivity contribution < 1.29 is 9.53 Å². The molecule has 3 aromatic rings. The smallest absolute Gasteiger partial charge is 0.152 e. The molecule has 0 unspecified atom stereocenters. The van der Waals surface area contributed by atoms with Crippen LogP contribution in [0.15, 0.2) is 42.5 Å². The molecule has 0 radical (unpaired) electrons. The highest BCUT2D eigenvalue weighted by Crippen LogP contribution is 2.33. The van der Waals surface area contributed by atoms with Crippen LogP contribution in [0.25, 0.3) is 22.2 Å². The Kier molecular flexibility index (Phi) is 3.67. The van der Waals surface area contributed by atoms with Crippen LogP contribution < -0.4 is 4.74 Å². The van der Waals surface area contributed by atoms with E-state index in [4.69, 9.17) is 16.3 Å². The molecule has 2 aromatic carbocycles. The number of aldehydes is 1. The summed E-state index contributed by atoms with van der Waals surface area (Å²) in [6, 6.07) is 13.2. The standard InChI is InChI=1S/C17H14ClNO2/c1-2-21-12-8-6-11(7-9-12)16-14(10-20)13-4-3-5-15(18)17(13)19-16/h3-10,19H,2H2,1H3. The summed E-state index contributed by atoms with van der Waals surface area (Å²) in [7, 11) is 0. The van der Waals surface area contributed by atoms with Gasteiger partial charge in [-0.2, -0.15) is 0 Å². The molecule has 1 N–H and O–H groups in total. The molecule has 3 nitrogen and oxygen atoms in total. The molecule has 0 amide bonds. The molecule has 3 rings (SSSR count). The van der Waals surface area contributed by atoms with E-state index in [1.807, 2.05) is 43.3 Å². The van der Waals surface area contributed by atoms with Crippen molar-refractivity contribution in [1.82, 2.24) is 4.98 Å². The molecule has 0 atom stereocenters. The largest absolute Gasteiger partial charge is 0.494 e. The number of ether oxygens (including phenoxy) is 1. The Bertz CT molecular complexity index is 790. The van der Waals surface area contributed by atoms with Crippen LogP contribution in [0, 0.1) is 0 Å². The zero-order valence-electron chi connectivity index (χ0n) is 11.5. The Hall–Kier alpha value is -2.26. The van der Waals surface area contributed by atoms with Crippen molar-refractivity contribution in [3.05, 3.63) is 53.1 Å². The van der Waals surface area contributed by atoms with Gasteiger partial charge in [-0.05, 0) is 42.8 Å². The van der Waals surface area contributed by atoms with Crippen molar-refractivity contribution in [1.29, 1.82) is 0 Å². The second-order valence-electron chi connectivity index (χ2n) is 4.65. The molecule has 0 fully saturated rings. The zero-order valence-corrected chi connectivity index (χ0v) is 12.3. The lowest BCUT2D eigenvalue weighted by molar-refractivity contribution is 0.112. The number of nitrogens with one attached hydrogen (secondary N) is 1. The fraction of sp³-hybridized carbons (Fsp3) is 0.118. The number of H-pyrrole nitrogens is 1. The molecule has 1 aromatic heterocycles. The molecule has 4 heteroatoms. The number of benzene rings is 2. The lowest BCUT2D eigenvalue weighted by Crippen LogP contribution is -1.91. The predicted molar refractivity (Wildman–Crippen MR) is 85.3 cm³/mol. The van der Waals surface area contributed by atoms with E-state index in [9.17, 15) is 4.79 Å². The molecule has 0 bridgehead atoms. The molecule has 0 aliphatic heterocycles. The number of halogens is 1. The molecule has 0 saturated heterocycles. The van der Waals surface area contributed by atoms with Crippen LogP contribution in [-0.4, -0.2) is 17.9 Å². The van der Waals surface area contributed by atoms with Crippen LogP contribution in [0.3, 0.4) is 0 Å². The van der Waals surface area contributed by atoms with Gasteiger partial charge in [0.05, 0.1) is 22.8 Å². The molecular formula is C17H14ClNO2. The maximum atomic E-state index is 11.5. The number of para-hydroxylation sites is 1. The van der Waals surface area contributed by atoms with Crippen LogP contribution in [0.2, 0.25) is 5.02 Å². The maximum absolute atomic E-state index is 11.5. The molecule has 106 valence electrons. The molecule has 21 heavy (non-hydrogen) atoms. The highest BCUT2D eigenvalue weighted by Gasteiger charge is 2.14. The number of aromatic nitrogens is 1. The summed E-state index contributed by atoms with van der Waals surface area (Å²) in [5.74, 6) is 0.808. The molecule has 0 spiro atoms. The zero-order chi connectivity index (χ0) is 14.8. The number of carbonyl (C=O) groups is 1. The molecule has 0 saturated carbocycles. The number of rotatable bonds is 4. The molecular weight excluding hydrogens is 286 g/mol. The number of fused-ring (bicyclic) bond motifs is 1. The second-order valence-corrected chi connectivity index (χ2v) is 5.06. The monoisotopic (exact) mass is 299 g/mol. The summed E-state index contributed by atoms with van der Waals surface area (Å²) in [4.78, 5) is 14.7. The van der Waals surface area contributed by atoms with Gasteiger partial charge in [-0.15, -0.1) is 0 Å². The van der Waals surface area contributed by atoms with Crippen LogP contribution in [0.1, 0.15) is 17.3 Å². The van der Waals surface area contributed by atoms with E-state index in [2.05, 4.69) is 4.98 Å². The van der Waals surface area contributed by atoms with Gasteiger partial charge in [-0.25, -0.2) is 0 Å². The first-order valence-corrected chi connectivity index (χ1v) is 7.11. The summed E-state index contributed by atoms with van der Waals surface area (Å²) in [6.07, 6.45) is 0.862. The maximum Gasteiger partial charge on any atom is 0.152 e. The van der Waals surface area contributed by atoms with Gasteiger partial charge >= 0.3 is 0 Å². The predicted octanol–water partition coefficient (Wildman–Crippen LogP) is 4.70. The van der Waals surface area contributed by atoms with Gasteiger partial charge in [0.2, 0.25) is 0 Å². The van der Waals surface area contributed by atoms with E-state index in [1.54, 1.807) is 6.07 Å². The Balaban J connectivity index is 2.15. The number of carbonyl (C=O) groups excluding carboxylic acids is 1. The topological polar surface area (TPSA) is 42.1 Å². The Morgan fingerprint density at radius 2 is 1.95 bits per heavy atom. The fourth-order valence-corrected chi connectivity index (χ4v) is 2.66.